The lowest BCUT2D eigenvalue weighted by molar-refractivity contribution is -0.119. The van der Waals surface area contributed by atoms with Crippen LogP contribution in [-0.2, 0) is 11.2 Å². The number of amides is 1. The third-order valence-corrected chi connectivity index (χ3v) is 5.77. The van der Waals surface area contributed by atoms with Crippen LogP contribution >= 0.6 is 0 Å². The van der Waals surface area contributed by atoms with Crippen LogP contribution in [0, 0.1) is 5.82 Å². The van der Waals surface area contributed by atoms with Gasteiger partial charge in [0, 0.05) is 18.2 Å². The number of para-hydroxylation sites is 2. The third kappa shape index (κ3) is 4.88. The molecule has 1 amide bonds. The molecule has 3 aromatic carbocycles. The molecular formula is C27H28FN3O3. The molecule has 0 spiro atoms. The summed E-state index contributed by atoms with van der Waals surface area (Å²) < 4.78 is 26.1. The number of hydrogen-bond donors (Lipinski definition) is 1. The lowest BCUT2D eigenvalue weighted by Gasteiger charge is -2.21. The number of ether oxygens (including phenoxy) is 2. The quantitative estimate of drug-likeness (QED) is 0.344. The van der Waals surface area contributed by atoms with Gasteiger partial charge in [-0.2, -0.15) is 0 Å². The molecule has 0 aliphatic carbocycles. The summed E-state index contributed by atoms with van der Waals surface area (Å²) in [5, 5.41) is 3.03. The molecule has 1 N–H and O–H groups in total. The number of fused-ring (bicyclic) bond motifs is 1. The van der Waals surface area contributed by atoms with Crippen molar-refractivity contribution in [1.29, 1.82) is 0 Å². The van der Waals surface area contributed by atoms with Gasteiger partial charge in [-0.15, -0.1) is 0 Å². The second-order valence-electron chi connectivity index (χ2n) is 8.05. The Labute approximate surface area is 198 Å². The number of carbonyl (C=O) groups excluding carboxylic acids is 1. The highest BCUT2D eigenvalue weighted by atomic mass is 19.1. The Bertz CT molecular complexity index is 1280. The minimum atomic E-state index is -0.471. The van der Waals surface area contributed by atoms with E-state index in [0.29, 0.717) is 30.0 Å². The van der Waals surface area contributed by atoms with Gasteiger partial charge < -0.3 is 19.4 Å². The molecule has 1 aromatic heterocycles. The smallest absolute Gasteiger partial charge is 0.247 e. The molecule has 1 unspecified atom stereocenters. The van der Waals surface area contributed by atoms with E-state index in [4.69, 9.17) is 14.5 Å². The average molecular weight is 462 g/mol. The maximum absolute atomic E-state index is 13.6. The number of benzene rings is 3. The van der Waals surface area contributed by atoms with Crippen LogP contribution in [0.4, 0.5) is 10.1 Å². The summed E-state index contributed by atoms with van der Waals surface area (Å²) in [6, 6.07) is 19.0. The fourth-order valence-electron chi connectivity index (χ4n) is 4.14. The Morgan fingerprint density at radius 1 is 1.03 bits per heavy atom. The molecular weight excluding hydrogens is 433 g/mol. The van der Waals surface area contributed by atoms with Crippen molar-refractivity contribution >= 4 is 22.6 Å². The third-order valence-electron chi connectivity index (χ3n) is 5.77. The van der Waals surface area contributed by atoms with E-state index in [1.54, 1.807) is 44.6 Å². The Morgan fingerprint density at radius 2 is 1.76 bits per heavy atom. The number of nitrogens with one attached hydrogen (secondary N) is 1. The SMILES string of the molecule is CCCC(C(=O)Nc1ccc(OC)c(OC)c1)n1c(Cc2ccc(F)cc2)nc2ccccc21. The highest BCUT2D eigenvalue weighted by Gasteiger charge is 2.25. The van der Waals surface area contributed by atoms with E-state index in [2.05, 4.69) is 12.2 Å². The summed E-state index contributed by atoms with van der Waals surface area (Å²) in [6.07, 6.45) is 1.93. The van der Waals surface area contributed by atoms with Crippen molar-refractivity contribution in [3.8, 4) is 11.5 Å². The van der Waals surface area contributed by atoms with E-state index < -0.39 is 6.04 Å². The van der Waals surface area contributed by atoms with E-state index in [1.807, 2.05) is 28.8 Å². The summed E-state index contributed by atoms with van der Waals surface area (Å²) in [5.74, 6) is 1.46. The second-order valence-corrected chi connectivity index (χ2v) is 8.05. The standard InChI is InChI=1S/C27H28FN3O3/c1-4-7-23(27(32)29-20-14-15-24(33-2)25(17-20)34-3)31-22-9-6-5-8-21(22)30-26(31)16-18-10-12-19(28)13-11-18/h5-6,8-15,17,23H,4,7,16H2,1-3H3,(H,29,32). The summed E-state index contributed by atoms with van der Waals surface area (Å²) in [7, 11) is 3.13. The first-order valence-corrected chi connectivity index (χ1v) is 11.3. The fourth-order valence-corrected chi connectivity index (χ4v) is 4.14. The van der Waals surface area contributed by atoms with E-state index in [1.165, 1.54) is 12.1 Å². The number of methoxy groups -OCH3 is 2. The van der Waals surface area contributed by atoms with Crippen molar-refractivity contribution in [3.63, 3.8) is 0 Å². The zero-order chi connectivity index (χ0) is 24.1. The first-order chi connectivity index (χ1) is 16.5. The number of imidazole rings is 1. The molecule has 4 aromatic rings. The molecule has 176 valence electrons. The zero-order valence-corrected chi connectivity index (χ0v) is 19.5. The van der Waals surface area contributed by atoms with Crippen LogP contribution in [-0.4, -0.2) is 29.7 Å². The molecule has 1 heterocycles. The number of carbonyl (C=O) groups is 1. The Hall–Kier alpha value is -3.87. The Balaban J connectivity index is 1.71. The molecule has 0 fully saturated rings. The number of nitrogens with zero attached hydrogens (tertiary/aromatic N) is 2. The Morgan fingerprint density at radius 3 is 2.47 bits per heavy atom. The largest absolute Gasteiger partial charge is 0.493 e. The van der Waals surface area contributed by atoms with Crippen molar-refractivity contribution in [2.24, 2.45) is 0 Å². The first-order valence-electron chi connectivity index (χ1n) is 11.3. The van der Waals surface area contributed by atoms with E-state index >= 15 is 0 Å². The molecule has 0 aliphatic heterocycles. The van der Waals surface area contributed by atoms with Crippen molar-refractivity contribution in [2.45, 2.75) is 32.2 Å². The van der Waals surface area contributed by atoms with Crippen LogP contribution in [0.25, 0.3) is 11.0 Å². The van der Waals surface area contributed by atoms with Crippen LogP contribution in [0.15, 0.2) is 66.7 Å². The lowest BCUT2D eigenvalue weighted by Crippen LogP contribution is -2.27. The highest BCUT2D eigenvalue weighted by molar-refractivity contribution is 5.95. The van der Waals surface area contributed by atoms with Crippen LogP contribution < -0.4 is 14.8 Å². The number of anilines is 1. The Kier molecular flexibility index (Phi) is 7.11. The van der Waals surface area contributed by atoms with Gasteiger partial charge in [0.05, 0.1) is 25.3 Å². The molecule has 0 aliphatic rings. The molecule has 4 rings (SSSR count). The van der Waals surface area contributed by atoms with Crippen molar-refractivity contribution < 1.29 is 18.7 Å². The van der Waals surface area contributed by atoms with Gasteiger partial charge in [0.15, 0.2) is 11.5 Å². The summed E-state index contributed by atoms with van der Waals surface area (Å²) >= 11 is 0. The molecule has 0 radical (unpaired) electrons. The molecule has 0 saturated carbocycles. The van der Waals surface area contributed by atoms with Crippen molar-refractivity contribution in [3.05, 3.63) is 83.9 Å². The lowest BCUT2D eigenvalue weighted by atomic mass is 10.1. The molecule has 1 atom stereocenters. The molecule has 34 heavy (non-hydrogen) atoms. The number of aromatic nitrogens is 2. The van der Waals surface area contributed by atoms with E-state index in [-0.39, 0.29) is 11.7 Å². The summed E-state index contributed by atoms with van der Waals surface area (Å²) in [6.45, 7) is 2.05. The predicted molar refractivity (Wildman–Crippen MR) is 131 cm³/mol. The number of hydrogen-bond acceptors (Lipinski definition) is 4. The monoisotopic (exact) mass is 461 g/mol. The average Bonchev–Trinajstić information content (AvgIpc) is 3.21. The van der Waals surface area contributed by atoms with Gasteiger partial charge in [0.1, 0.15) is 17.7 Å². The summed E-state index contributed by atoms with van der Waals surface area (Å²) in [5.41, 5.74) is 3.25. The first kappa shape index (κ1) is 23.3. The van der Waals surface area contributed by atoms with Gasteiger partial charge in [-0.05, 0) is 48.4 Å². The van der Waals surface area contributed by atoms with Gasteiger partial charge >= 0.3 is 0 Å². The molecule has 6 nitrogen and oxygen atoms in total. The summed E-state index contributed by atoms with van der Waals surface area (Å²) in [4.78, 5) is 18.4. The maximum atomic E-state index is 13.6. The van der Waals surface area contributed by atoms with Gasteiger partial charge in [0.25, 0.3) is 0 Å². The second kappa shape index (κ2) is 10.4. The van der Waals surface area contributed by atoms with Crippen molar-refractivity contribution in [2.75, 3.05) is 19.5 Å². The number of halogens is 1. The van der Waals surface area contributed by atoms with Crippen LogP contribution in [0.1, 0.15) is 37.2 Å². The minimum Gasteiger partial charge on any atom is -0.493 e. The number of rotatable bonds is 9. The van der Waals surface area contributed by atoms with Crippen LogP contribution in [0.5, 0.6) is 11.5 Å². The van der Waals surface area contributed by atoms with Gasteiger partial charge in [-0.3, -0.25) is 4.79 Å². The van der Waals surface area contributed by atoms with Crippen molar-refractivity contribution in [1.82, 2.24) is 9.55 Å². The molecule has 0 saturated heterocycles. The highest BCUT2D eigenvalue weighted by Crippen LogP contribution is 2.31. The van der Waals surface area contributed by atoms with Gasteiger partial charge in [-0.25, -0.2) is 9.37 Å². The maximum Gasteiger partial charge on any atom is 0.247 e. The van der Waals surface area contributed by atoms with E-state index in [9.17, 15) is 9.18 Å². The van der Waals surface area contributed by atoms with E-state index in [0.717, 1.165) is 28.8 Å². The van der Waals surface area contributed by atoms with Gasteiger partial charge in [0.2, 0.25) is 5.91 Å². The van der Waals surface area contributed by atoms with Crippen LogP contribution in [0.3, 0.4) is 0 Å². The zero-order valence-electron chi connectivity index (χ0n) is 19.5. The van der Waals surface area contributed by atoms with Crippen LogP contribution in [0.2, 0.25) is 0 Å². The van der Waals surface area contributed by atoms with Gasteiger partial charge in [-0.1, -0.05) is 37.6 Å². The predicted octanol–water partition coefficient (Wildman–Crippen LogP) is 5.76. The molecule has 7 heteroatoms. The molecule has 0 bridgehead atoms. The normalized spacial score (nSPS) is 11.9. The minimum absolute atomic E-state index is 0.141. The topological polar surface area (TPSA) is 65.4 Å². The fraction of sp³-hybridized carbons (Fsp3) is 0.259.